The van der Waals surface area contributed by atoms with Gasteiger partial charge >= 0.3 is 0 Å². The Bertz CT molecular complexity index is 686. The fraction of sp³-hybridized carbons (Fsp3) is 0. The summed E-state index contributed by atoms with van der Waals surface area (Å²) in [5.41, 5.74) is 4.43. The highest BCUT2D eigenvalue weighted by atomic mass is 14.7. The van der Waals surface area contributed by atoms with E-state index in [4.69, 9.17) is 0 Å². The molecular weight excluding hydrogens is 266 g/mol. The topological polar surface area (TPSA) is 12.9 Å². The highest BCUT2D eigenvalue weighted by Crippen LogP contribution is 2.10. The summed E-state index contributed by atoms with van der Waals surface area (Å²) in [5.74, 6) is 0. The van der Waals surface area contributed by atoms with E-state index < -0.39 is 0 Å². The van der Waals surface area contributed by atoms with Crippen LogP contribution in [-0.2, 0) is 0 Å². The lowest BCUT2D eigenvalue weighted by molar-refractivity contribution is 1.29. The van der Waals surface area contributed by atoms with Crippen LogP contribution >= 0.6 is 0 Å². The fourth-order valence-corrected chi connectivity index (χ4v) is 2.12. The van der Waals surface area contributed by atoms with Crippen molar-refractivity contribution in [1.29, 1.82) is 0 Å². The summed E-state index contributed by atoms with van der Waals surface area (Å²) in [7, 11) is 0. The molecule has 0 aliphatic heterocycles. The molecule has 0 saturated heterocycles. The van der Waals surface area contributed by atoms with Gasteiger partial charge in [0.25, 0.3) is 0 Å². The van der Waals surface area contributed by atoms with Crippen molar-refractivity contribution in [3.8, 4) is 0 Å². The average molecular weight is 283 g/mol. The standard InChI is InChI=1S/C21H17N/c1-3-7-18(8-4-1)11-12-20-14-16-21(22-17-20)15-13-19-9-5-2-6-10-19/h1-17H/b12-11+,15-13+. The van der Waals surface area contributed by atoms with Gasteiger partial charge in [-0.3, -0.25) is 4.98 Å². The van der Waals surface area contributed by atoms with Crippen molar-refractivity contribution < 1.29 is 0 Å². The van der Waals surface area contributed by atoms with E-state index in [1.165, 1.54) is 11.1 Å². The number of pyridine rings is 1. The number of hydrogen-bond acceptors (Lipinski definition) is 1. The number of benzene rings is 2. The maximum absolute atomic E-state index is 4.47. The molecule has 0 spiro atoms. The number of nitrogens with zero attached hydrogens (tertiary/aromatic N) is 1. The van der Waals surface area contributed by atoms with Crippen molar-refractivity contribution in [3.63, 3.8) is 0 Å². The highest BCUT2D eigenvalue weighted by molar-refractivity contribution is 5.71. The molecule has 0 aliphatic rings. The minimum Gasteiger partial charge on any atom is -0.256 e. The number of rotatable bonds is 4. The van der Waals surface area contributed by atoms with Gasteiger partial charge in [-0.05, 0) is 28.8 Å². The van der Waals surface area contributed by atoms with Crippen LogP contribution in [0.1, 0.15) is 22.4 Å². The molecule has 0 atom stereocenters. The molecule has 1 heteroatoms. The maximum atomic E-state index is 4.47. The van der Waals surface area contributed by atoms with Crippen LogP contribution < -0.4 is 0 Å². The monoisotopic (exact) mass is 283 g/mol. The van der Waals surface area contributed by atoms with Crippen LogP contribution in [0, 0.1) is 0 Å². The largest absolute Gasteiger partial charge is 0.256 e. The second kappa shape index (κ2) is 7.19. The van der Waals surface area contributed by atoms with E-state index in [1.807, 2.05) is 54.7 Å². The molecule has 0 radical (unpaired) electrons. The summed E-state index contributed by atoms with van der Waals surface area (Å²) in [4.78, 5) is 4.47. The van der Waals surface area contributed by atoms with E-state index in [-0.39, 0.29) is 0 Å². The number of hydrogen-bond donors (Lipinski definition) is 0. The molecule has 3 rings (SSSR count). The molecular formula is C21H17N. The van der Waals surface area contributed by atoms with Gasteiger partial charge in [0, 0.05) is 6.20 Å². The number of aromatic nitrogens is 1. The van der Waals surface area contributed by atoms with Gasteiger partial charge in [-0.15, -0.1) is 0 Å². The Labute approximate surface area is 131 Å². The third-order valence-electron chi connectivity index (χ3n) is 3.32. The molecule has 0 fully saturated rings. The third kappa shape index (κ3) is 4.03. The van der Waals surface area contributed by atoms with E-state index >= 15 is 0 Å². The second-order valence-corrected chi connectivity index (χ2v) is 5.00. The zero-order valence-electron chi connectivity index (χ0n) is 12.3. The van der Waals surface area contributed by atoms with E-state index in [1.54, 1.807) is 0 Å². The fourth-order valence-electron chi connectivity index (χ4n) is 2.12. The van der Waals surface area contributed by atoms with Gasteiger partial charge in [-0.25, -0.2) is 0 Å². The quantitative estimate of drug-likeness (QED) is 0.622. The molecule has 0 saturated carbocycles. The van der Waals surface area contributed by atoms with Crippen molar-refractivity contribution in [2.45, 2.75) is 0 Å². The zero-order chi connectivity index (χ0) is 15.0. The summed E-state index contributed by atoms with van der Waals surface area (Å²) in [6, 6.07) is 24.6. The van der Waals surface area contributed by atoms with Crippen LogP contribution in [0.2, 0.25) is 0 Å². The van der Waals surface area contributed by atoms with Crippen molar-refractivity contribution in [2.24, 2.45) is 0 Å². The van der Waals surface area contributed by atoms with Gasteiger partial charge < -0.3 is 0 Å². The summed E-state index contributed by atoms with van der Waals surface area (Å²) in [5, 5.41) is 0. The molecule has 2 aromatic carbocycles. The van der Waals surface area contributed by atoms with Gasteiger partial charge in [0.2, 0.25) is 0 Å². The molecule has 0 aliphatic carbocycles. The summed E-state index contributed by atoms with van der Waals surface area (Å²) >= 11 is 0. The first-order valence-electron chi connectivity index (χ1n) is 7.32. The van der Waals surface area contributed by atoms with Crippen LogP contribution in [0.3, 0.4) is 0 Å². The van der Waals surface area contributed by atoms with Gasteiger partial charge in [-0.1, -0.05) is 85.0 Å². The van der Waals surface area contributed by atoms with Crippen molar-refractivity contribution >= 4 is 24.3 Å². The molecule has 106 valence electrons. The zero-order valence-corrected chi connectivity index (χ0v) is 12.3. The SMILES string of the molecule is C(=C\c1ccc(/C=C/c2ccccc2)nc1)/c1ccccc1. The Morgan fingerprint density at radius 1 is 0.500 bits per heavy atom. The predicted molar refractivity (Wildman–Crippen MR) is 95.0 cm³/mol. The summed E-state index contributed by atoms with van der Waals surface area (Å²) in [6.07, 6.45) is 10.2. The van der Waals surface area contributed by atoms with Crippen LogP contribution in [0.25, 0.3) is 24.3 Å². The Morgan fingerprint density at radius 3 is 1.59 bits per heavy atom. The second-order valence-electron chi connectivity index (χ2n) is 5.00. The van der Waals surface area contributed by atoms with Gasteiger partial charge in [-0.2, -0.15) is 0 Å². The van der Waals surface area contributed by atoms with Crippen molar-refractivity contribution in [3.05, 3.63) is 101 Å². The highest BCUT2D eigenvalue weighted by Gasteiger charge is 1.91. The maximum Gasteiger partial charge on any atom is 0.0630 e. The Kier molecular flexibility index (Phi) is 4.58. The van der Waals surface area contributed by atoms with Gasteiger partial charge in [0.05, 0.1) is 5.69 Å². The molecule has 1 heterocycles. The molecule has 0 amide bonds. The Morgan fingerprint density at radius 2 is 1.05 bits per heavy atom. The third-order valence-corrected chi connectivity index (χ3v) is 3.32. The molecule has 1 nitrogen and oxygen atoms in total. The lowest BCUT2D eigenvalue weighted by Crippen LogP contribution is -1.81. The predicted octanol–water partition coefficient (Wildman–Crippen LogP) is 5.42. The Balaban J connectivity index is 1.68. The van der Waals surface area contributed by atoms with E-state index in [0.29, 0.717) is 0 Å². The first kappa shape index (κ1) is 14.0. The molecule has 0 unspecified atom stereocenters. The van der Waals surface area contributed by atoms with Crippen LogP contribution in [-0.4, -0.2) is 4.98 Å². The molecule has 0 N–H and O–H groups in total. The first-order chi connectivity index (χ1) is 10.9. The van der Waals surface area contributed by atoms with Gasteiger partial charge in [0.1, 0.15) is 0 Å². The minimum atomic E-state index is 0.959. The van der Waals surface area contributed by atoms with Crippen molar-refractivity contribution in [1.82, 2.24) is 4.98 Å². The average Bonchev–Trinajstić information content (AvgIpc) is 2.61. The normalized spacial score (nSPS) is 11.3. The van der Waals surface area contributed by atoms with E-state index in [0.717, 1.165) is 11.3 Å². The minimum absolute atomic E-state index is 0.959. The summed E-state index contributed by atoms with van der Waals surface area (Å²) < 4.78 is 0. The van der Waals surface area contributed by atoms with Crippen LogP contribution in [0.15, 0.2) is 79.0 Å². The van der Waals surface area contributed by atoms with Crippen LogP contribution in [0.4, 0.5) is 0 Å². The molecule has 22 heavy (non-hydrogen) atoms. The smallest absolute Gasteiger partial charge is 0.0630 e. The van der Waals surface area contributed by atoms with Crippen LogP contribution in [0.5, 0.6) is 0 Å². The summed E-state index contributed by atoms with van der Waals surface area (Å²) in [6.45, 7) is 0. The lowest BCUT2D eigenvalue weighted by atomic mass is 10.1. The Hall–Kier alpha value is -2.93. The van der Waals surface area contributed by atoms with Gasteiger partial charge in [0.15, 0.2) is 0 Å². The molecule has 3 aromatic rings. The van der Waals surface area contributed by atoms with E-state index in [9.17, 15) is 0 Å². The molecule has 1 aromatic heterocycles. The van der Waals surface area contributed by atoms with E-state index in [2.05, 4.69) is 53.5 Å². The lowest BCUT2D eigenvalue weighted by Gasteiger charge is -1.96. The van der Waals surface area contributed by atoms with Crippen molar-refractivity contribution in [2.75, 3.05) is 0 Å². The first-order valence-corrected chi connectivity index (χ1v) is 7.32. The molecule has 0 bridgehead atoms.